The predicted molar refractivity (Wildman–Crippen MR) is 110 cm³/mol. The van der Waals surface area contributed by atoms with Crippen LogP contribution in [0.25, 0.3) is 10.6 Å². The van der Waals surface area contributed by atoms with Crippen LogP contribution in [0.1, 0.15) is 41.6 Å². The largest absolute Gasteiger partial charge is 0.459 e. The van der Waals surface area contributed by atoms with Crippen molar-refractivity contribution in [3.8, 4) is 10.6 Å². The van der Waals surface area contributed by atoms with E-state index < -0.39 is 10.0 Å². The fraction of sp³-hybridized carbons (Fsp3) is 0.400. The molecule has 0 unspecified atom stereocenters. The van der Waals surface area contributed by atoms with Gasteiger partial charge in [0.25, 0.3) is 15.9 Å². The van der Waals surface area contributed by atoms with Gasteiger partial charge < -0.3 is 13.7 Å². The smallest absolute Gasteiger partial charge is 0.289 e. The van der Waals surface area contributed by atoms with Crippen molar-refractivity contribution in [2.75, 3.05) is 26.2 Å². The second-order valence-corrected chi connectivity index (χ2v) is 10.7. The molecule has 2 fully saturated rings. The van der Waals surface area contributed by atoms with E-state index in [-0.39, 0.29) is 29.0 Å². The van der Waals surface area contributed by atoms with Crippen molar-refractivity contribution in [2.45, 2.75) is 29.4 Å². The van der Waals surface area contributed by atoms with E-state index in [2.05, 4.69) is 4.98 Å². The van der Waals surface area contributed by atoms with Crippen LogP contribution in [0.5, 0.6) is 0 Å². The first-order valence-corrected chi connectivity index (χ1v) is 12.2. The van der Waals surface area contributed by atoms with Crippen molar-refractivity contribution in [1.82, 2.24) is 14.2 Å². The number of carbonyl (C=O) groups excluding carboxylic acids is 1. The number of oxazole rings is 1. The fourth-order valence-electron chi connectivity index (χ4n) is 3.65. The summed E-state index contributed by atoms with van der Waals surface area (Å²) in [6, 6.07) is 6.64. The highest BCUT2D eigenvalue weighted by atomic mass is 32.2. The first-order chi connectivity index (χ1) is 14.5. The molecular weight excluding hydrogens is 426 g/mol. The normalized spacial score (nSPS) is 18.5. The second kappa shape index (κ2) is 7.68. The summed E-state index contributed by atoms with van der Waals surface area (Å²) in [5, 5.41) is 0. The maximum Gasteiger partial charge on any atom is 0.289 e. The summed E-state index contributed by atoms with van der Waals surface area (Å²) >= 11 is 1.18. The topological polar surface area (TPSA) is 96.9 Å². The Bertz CT molecular complexity index is 1140. The Morgan fingerprint density at radius 2 is 1.93 bits per heavy atom. The highest BCUT2D eigenvalue weighted by molar-refractivity contribution is 7.91. The Kier molecular flexibility index (Phi) is 5.00. The van der Waals surface area contributed by atoms with Gasteiger partial charge in [-0.1, -0.05) is 6.42 Å². The molecule has 3 aromatic rings. The van der Waals surface area contributed by atoms with Gasteiger partial charge in [-0.25, -0.2) is 13.4 Å². The fourth-order valence-corrected chi connectivity index (χ4v) is 6.48. The lowest BCUT2D eigenvalue weighted by Crippen LogP contribution is -2.50. The summed E-state index contributed by atoms with van der Waals surface area (Å²) in [6.45, 7) is 1.14. The lowest BCUT2D eigenvalue weighted by atomic mass is 9.85. The lowest BCUT2D eigenvalue weighted by Gasteiger charge is -2.33. The van der Waals surface area contributed by atoms with Gasteiger partial charge in [-0.05, 0) is 37.1 Å². The minimum Gasteiger partial charge on any atom is -0.459 e. The van der Waals surface area contributed by atoms with Crippen LogP contribution in [-0.2, 0) is 10.0 Å². The van der Waals surface area contributed by atoms with Gasteiger partial charge in [0.1, 0.15) is 4.21 Å². The number of rotatable bonds is 5. The number of thiophene rings is 1. The van der Waals surface area contributed by atoms with Crippen LogP contribution in [-0.4, -0.2) is 54.7 Å². The molecule has 0 radical (unpaired) electrons. The van der Waals surface area contributed by atoms with Crippen LogP contribution in [0, 0.1) is 0 Å². The molecule has 1 amide bonds. The molecule has 2 aliphatic rings. The molecule has 4 heterocycles. The number of hydrogen-bond acceptors (Lipinski definition) is 7. The van der Waals surface area contributed by atoms with Crippen LogP contribution in [0.2, 0.25) is 0 Å². The number of nitrogens with zero attached hydrogens (tertiary/aromatic N) is 3. The maximum absolute atomic E-state index is 13.1. The van der Waals surface area contributed by atoms with Crippen LogP contribution in [0.3, 0.4) is 0 Å². The number of hydrogen-bond donors (Lipinski definition) is 0. The van der Waals surface area contributed by atoms with Gasteiger partial charge in [0.05, 0.1) is 17.3 Å². The summed E-state index contributed by atoms with van der Waals surface area (Å²) in [5.74, 6) is 1.79. The third kappa shape index (κ3) is 3.48. The van der Waals surface area contributed by atoms with E-state index in [1.54, 1.807) is 35.4 Å². The summed E-state index contributed by atoms with van der Waals surface area (Å²) < 4.78 is 38.8. The van der Waals surface area contributed by atoms with E-state index >= 15 is 0 Å². The standard InChI is InChI=1S/C20H21N3O5S2/c24-20(15-5-2-12-27-15)22-8-10-23(11-9-22)30(25,26)18-7-6-17(29-18)16-13-21-19(28-16)14-3-1-4-14/h2,5-7,12-14H,1,3-4,8-11H2. The van der Waals surface area contributed by atoms with Gasteiger partial charge in [0.15, 0.2) is 17.4 Å². The third-order valence-corrected chi connectivity index (χ3v) is 9.12. The highest BCUT2D eigenvalue weighted by Gasteiger charge is 2.32. The second-order valence-electron chi connectivity index (χ2n) is 7.48. The SMILES string of the molecule is O=C(c1ccco1)N1CCN(S(=O)(=O)c2ccc(-c3cnc(C4CCC4)o3)s2)CC1. The molecule has 3 aromatic heterocycles. The molecule has 5 rings (SSSR count). The van der Waals surface area contributed by atoms with Crippen molar-refractivity contribution in [2.24, 2.45) is 0 Å². The van der Waals surface area contributed by atoms with Crippen molar-refractivity contribution in [1.29, 1.82) is 0 Å². The maximum atomic E-state index is 13.1. The minimum absolute atomic E-state index is 0.219. The van der Waals surface area contributed by atoms with E-state index in [4.69, 9.17) is 8.83 Å². The Morgan fingerprint density at radius 1 is 1.13 bits per heavy atom. The van der Waals surface area contributed by atoms with E-state index in [1.165, 1.54) is 28.3 Å². The van der Waals surface area contributed by atoms with Crippen molar-refractivity contribution < 1.29 is 22.0 Å². The van der Waals surface area contributed by atoms with Gasteiger partial charge in [-0.2, -0.15) is 4.31 Å². The number of aromatic nitrogens is 1. The number of carbonyl (C=O) groups is 1. The molecule has 0 aromatic carbocycles. The monoisotopic (exact) mass is 447 g/mol. The van der Waals surface area contributed by atoms with Gasteiger partial charge >= 0.3 is 0 Å². The molecule has 0 atom stereocenters. The molecule has 30 heavy (non-hydrogen) atoms. The predicted octanol–water partition coefficient (Wildman–Crippen LogP) is 3.41. The van der Waals surface area contributed by atoms with Crippen molar-refractivity contribution >= 4 is 27.3 Å². The molecule has 1 aliphatic carbocycles. The third-order valence-electron chi connectivity index (χ3n) is 5.65. The first kappa shape index (κ1) is 19.5. The Balaban J connectivity index is 1.27. The summed E-state index contributed by atoms with van der Waals surface area (Å²) in [4.78, 5) is 19.1. The summed E-state index contributed by atoms with van der Waals surface area (Å²) in [5.41, 5.74) is 0. The highest BCUT2D eigenvalue weighted by Crippen LogP contribution is 2.39. The van der Waals surface area contributed by atoms with Crippen molar-refractivity contribution in [3.63, 3.8) is 0 Å². The molecule has 0 spiro atoms. The average Bonchev–Trinajstić information content (AvgIpc) is 3.47. The molecule has 1 aliphatic heterocycles. The number of furan rings is 1. The number of sulfonamides is 1. The molecule has 158 valence electrons. The van der Waals surface area contributed by atoms with E-state index in [0.717, 1.165) is 23.6 Å². The first-order valence-electron chi connectivity index (χ1n) is 9.91. The van der Waals surface area contributed by atoms with E-state index in [9.17, 15) is 13.2 Å². The Labute approximate surface area is 178 Å². The van der Waals surface area contributed by atoms with Crippen molar-refractivity contribution in [3.05, 3.63) is 48.4 Å². The number of amides is 1. The van der Waals surface area contributed by atoms with E-state index in [0.29, 0.717) is 24.8 Å². The van der Waals surface area contributed by atoms with Gasteiger partial charge in [-0.3, -0.25) is 4.79 Å². The summed E-state index contributed by atoms with van der Waals surface area (Å²) in [6.07, 6.45) is 6.52. The molecule has 1 saturated heterocycles. The van der Waals surface area contributed by atoms with Crippen LogP contribution in [0.15, 0.2) is 49.8 Å². The molecule has 1 saturated carbocycles. The van der Waals surface area contributed by atoms with Gasteiger partial charge in [-0.15, -0.1) is 11.3 Å². The Hall–Kier alpha value is -2.43. The number of piperazine rings is 1. The summed E-state index contributed by atoms with van der Waals surface area (Å²) in [7, 11) is -3.63. The molecule has 0 bridgehead atoms. The molecular formula is C20H21N3O5S2. The molecule has 0 N–H and O–H groups in total. The average molecular weight is 448 g/mol. The molecule has 8 nitrogen and oxygen atoms in total. The quantitative estimate of drug-likeness (QED) is 0.595. The Morgan fingerprint density at radius 3 is 2.60 bits per heavy atom. The zero-order valence-corrected chi connectivity index (χ0v) is 17.8. The lowest BCUT2D eigenvalue weighted by molar-refractivity contribution is 0.0666. The van der Waals surface area contributed by atoms with Gasteiger partial charge in [0.2, 0.25) is 0 Å². The van der Waals surface area contributed by atoms with E-state index in [1.807, 2.05) is 0 Å². The zero-order chi connectivity index (χ0) is 20.7. The molecule has 10 heteroatoms. The van der Waals surface area contributed by atoms with Crippen LogP contribution in [0.4, 0.5) is 0 Å². The minimum atomic E-state index is -3.63. The zero-order valence-electron chi connectivity index (χ0n) is 16.2. The van der Waals surface area contributed by atoms with Crippen LogP contribution >= 0.6 is 11.3 Å². The van der Waals surface area contributed by atoms with Crippen LogP contribution < -0.4 is 0 Å². The van der Waals surface area contributed by atoms with Gasteiger partial charge in [0, 0.05) is 32.1 Å².